The number of nitrogens with zero attached hydrogens (tertiary/aromatic N) is 2. The third-order valence-electron chi connectivity index (χ3n) is 4.05. The first-order chi connectivity index (χ1) is 8.72. The van der Waals surface area contributed by atoms with Crippen LogP contribution in [0.3, 0.4) is 0 Å². The van der Waals surface area contributed by atoms with Gasteiger partial charge >= 0.3 is 5.97 Å². The standard InChI is InChI=1S/C13H17N3O2/c17-13(18)9-6-10(7-9)14-12-5-4-11(15-16-12)8-2-1-3-8/h4-5,8-10H,1-3,6-7H2,(H,14,16)(H,17,18). The first-order valence-electron chi connectivity index (χ1n) is 6.55. The zero-order chi connectivity index (χ0) is 12.5. The Morgan fingerprint density at radius 2 is 2.06 bits per heavy atom. The number of nitrogens with one attached hydrogen (secondary N) is 1. The maximum Gasteiger partial charge on any atom is 0.306 e. The molecule has 0 atom stereocenters. The molecule has 0 aromatic carbocycles. The fraction of sp³-hybridized carbons (Fsp3) is 0.615. The molecule has 2 N–H and O–H groups in total. The first kappa shape index (κ1) is 11.4. The Morgan fingerprint density at radius 3 is 2.56 bits per heavy atom. The minimum Gasteiger partial charge on any atom is -0.481 e. The van der Waals surface area contributed by atoms with Crippen molar-refractivity contribution in [2.75, 3.05) is 5.32 Å². The third-order valence-corrected chi connectivity index (χ3v) is 4.05. The minimum atomic E-state index is -0.695. The highest BCUT2D eigenvalue weighted by atomic mass is 16.4. The zero-order valence-electron chi connectivity index (χ0n) is 10.2. The Kier molecular flexibility index (Phi) is 2.89. The Labute approximate surface area is 106 Å². The highest BCUT2D eigenvalue weighted by Crippen LogP contribution is 2.35. The van der Waals surface area contributed by atoms with E-state index in [-0.39, 0.29) is 12.0 Å². The summed E-state index contributed by atoms with van der Waals surface area (Å²) < 4.78 is 0. The molecule has 0 saturated heterocycles. The number of carboxylic acid groups (broad SMARTS) is 1. The molecule has 2 aliphatic carbocycles. The second-order valence-corrected chi connectivity index (χ2v) is 5.32. The number of hydrogen-bond donors (Lipinski definition) is 2. The van der Waals surface area contributed by atoms with Gasteiger partial charge in [0.15, 0.2) is 0 Å². The molecule has 1 aromatic heterocycles. The van der Waals surface area contributed by atoms with Crippen molar-refractivity contribution in [3.63, 3.8) is 0 Å². The van der Waals surface area contributed by atoms with E-state index in [0.29, 0.717) is 18.8 Å². The van der Waals surface area contributed by atoms with Crippen LogP contribution in [0.15, 0.2) is 12.1 Å². The van der Waals surface area contributed by atoms with Crippen LogP contribution in [0.1, 0.15) is 43.7 Å². The van der Waals surface area contributed by atoms with Gasteiger partial charge in [-0.3, -0.25) is 4.79 Å². The van der Waals surface area contributed by atoms with E-state index in [9.17, 15) is 4.79 Å². The number of aromatic nitrogens is 2. The molecule has 3 rings (SSSR count). The van der Waals surface area contributed by atoms with Gasteiger partial charge in [0, 0.05) is 12.0 Å². The van der Waals surface area contributed by atoms with Crippen molar-refractivity contribution in [2.24, 2.45) is 5.92 Å². The number of hydrogen-bond acceptors (Lipinski definition) is 4. The summed E-state index contributed by atoms with van der Waals surface area (Å²) in [6, 6.07) is 4.22. The summed E-state index contributed by atoms with van der Waals surface area (Å²) in [5.41, 5.74) is 1.09. The molecule has 0 amide bonds. The van der Waals surface area contributed by atoms with E-state index in [2.05, 4.69) is 15.5 Å². The van der Waals surface area contributed by atoms with Crippen molar-refractivity contribution in [1.82, 2.24) is 10.2 Å². The predicted molar refractivity (Wildman–Crippen MR) is 66.4 cm³/mol. The number of carbonyl (C=O) groups is 1. The van der Waals surface area contributed by atoms with Crippen LogP contribution >= 0.6 is 0 Å². The number of carboxylic acids is 1. The van der Waals surface area contributed by atoms with Gasteiger partial charge < -0.3 is 10.4 Å². The lowest BCUT2D eigenvalue weighted by molar-refractivity contribution is -0.144. The van der Waals surface area contributed by atoms with Gasteiger partial charge in [0.1, 0.15) is 5.82 Å². The van der Waals surface area contributed by atoms with E-state index in [1.807, 2.05) is 12.1 Å². The molecular weight excluding hydrogens is 230 g/mol. The van der Waals surface area contributed by atoms with Crippen molar-refractivity contribution >= 4 is 11.8 Å². The second-order valence-electron chi connectivity index (χ2n) is 5.32. The van der Waals surface area contributed by atoms with Crippen molar-refractivity contribution in [3.05, 3.63) is 17.8 Å². The topological polar surface area (TPSA) is 75.1 Å². The quantitative estimate of drug-likeness (QED) is 0.851. The zero-order valence-corrected chi connectivity index (χ0v) is 10.2. The predicted octanol–water partition coefficient (Wildman–Crippen LogP) is 2.02. The lowest BCUT2D eigenvalue weighted by Gasteiger charge is -2.33. The Balaban J connectivity index is 1.53. The van der Waals surface area contributed by atoms with Gasteiger partial charge in [-0.2, -0.15) is 5.10 Å². The molecule has 0 unspecified atom stereocenters. The van der Waals surface area contributed by atoms with E-state index < -0.39 is 5.97 Å². The van der Waals surface area contributed by atoms with Crippen LogP contribution in [0.25, 0.3) is 0 Å². The largest absolute Gasteiger partial charge is 0.481 e. The summed E-state index contributed by atoms with van der Waals surface area (Å²) in [6.07, 6.45) is 5.11. The van der Waals surface area contributed by atoms with Crippen molar-refractivity contribution in [1.29, 1.82) is 0 Å². The van der Waals surface area contributed by atoms with Crippen LogP contribution in [-0.4, -0.2) is 27.3 Å². The SMILES string of the molecule is O=C(O)C1CC(Nc2ccc(C3CCC3)nn2)C1. The van der Waals surface area contributed by atoms with E-state index in [4.69, 9.17) is 5.11 Å². The maximum absolute atomic E-state index is 10.7. The van der Waals surface area contributed by atoms with Gasteiger partial charge in [0.05, 0.1) is 11.6 Å². The first-order valence-corrected chi connectivity index (χ1v) is 6.55. The van der Waals surface area contributed by atoms with Gasteiger partial charge in [0.25, 0.3) is 0 Å². The summed E-state index contributed by atoms with van der Waals surface area (Å²) in [5, 5.41) is 20.4. The van der Waals surface area contributed by atoms with Gasteiger partial charge in [0.2, 0.25) is 0 Å². The maximum atomic E-state index is 10.7. The van der Waals surface area contributed by atoms with Crippen LogP contribution in [0.4, 0.5) is 5.82 Å². The molecule has 0 aliphatic heterocycles. The lowest BCUT2D eigenvalue weighted by Crippen LogP contribution is -2.39. The smallest absolute Gasteiger partial charge is 0.306 e. The van der Waals surface area contributed by atoms with Crippen molar-refractivity contribution < 1.29 is 9.90 Å². The van der Waals surface area contributed by atoms with Crippen LogP contribution in [0.5, 0.6) is 0 Å². The molecule has 1 heterocycles. The molecule has 18 heavy (non-hydrogen) atoms. The van der Waals surface area contributed by atoms with Gasteiger partial charge in [-0.15, -0.1) is 5.10 Å². The monoisotopic (exact) mass is 247 g/mol. The molecule has 0 radical (unpaired) electrons. The summed E-state index contributed by atoms with van der Waals surface area (Å²) >= 11 is 0. The van der Waals surface area contributed by atoms with Crippen molar-refractivity contribution in [2.45, 2.75) is 44.1 Å². The minimum absolute atomic E-state index is 0.190. The Hall–Kier alpha value is -1.65. The summed E-state index contributed by atoms with van der Waals surface area (Å²) in [7, 11) is 0. The second kappa shape index (κ2) is 4.55. The van der Waals surface area contributed by atoms with Crippen LogP contribution in [0, 0.1) is 5.92 Å². The molecular formula is C13H17N3O2. The molecule has 5 heteroatoms. The Morgan fingerprint density at radius 1 is 1.28 bits per heavy atom. The summed E-state index contributed by atoms with van der Waals surface area (Å²) in [6.45, 7) is 0. The van der Waals surface area contributed by atoms with Gasteiger partial charge in [-0.1, -0.05) is 6.42 Å². The fourth-order valence-electron chi connectivity index (χ4n) is 2.49. The molecule has 0 spiro atoms. The molecule has 2 aliphatic rings. The average Bonchev–Trinajstić information content (AvgIpc) is 2.22. The van der Waals surface area contributed by atoms with Crippen LogP contribution < -0.4 is 5.32 Å². The van der Waals surface area contributed by atoms with E-state index in [1.165, 1.54) is 19.3 Å². The number of rotatable bonds is 4. The third kappa shape index (κ3) is 2.17. The fourth-order valence-corrected chi connectivity index (χ4v) is 2.49. The number of aliphatic carboxylic acids is 1. The summed E-state index contributed by atoms with van der Waals surface area (Å²) in [5.74, 6) is 0.475. The molecule has 2 fully saturated rings. The molecule has 96 valence electrons. The average molecular weight is 247 g/mol. The van der Waals surface area contributed by atoms with E-state index in [0.717, 1.165) is 11.5 Å². The Bertz CT molecular complexity index is 436. The number of anilines is 1. The van der Waals surface area contributed by atoms with Crippen molar-refractivity contribution in [3.8, 4) is 0 Å². The summed E-state index contributed by atoms with van der Waals surface area (Å²) in [4.78, 5) is 10.7. The van der Waals surface area contributed by atoms with Crippen LogP contribution in [0.2, 0.25) is 0 Å². The highest BCUT2D eigenvalue weighted by molar-refractivity contribution is 5.71. The van der Waals surface area contributed by atoms with Gasteiger partial charge in [-0.25, -0.2) is 0 Å². The van der Waals surface area contributed by atoms with Gasteiger partial charge in [-0.05, 0) is 37.8 Å². The normalized spacial score (nSPS) is 27.1. The van der Waals surface area contributed by atoms with Crippen LogP contribution in [-0.2, 0) is 4.79 Å². The van der Waals surface area contributed by atoms with E-state index in [1.54, 1.807) is 0 Å². The van der Waals surface area contributed by atoms with E-state index >= 15 is 0 Å². The highest BCUT2D eigenvalue weighted by Gasteiger charge is 2.34. The lowest BCUT2D eigenvalue weighted by atomic mass is 9.80. The molecule has 5 nitrogen and oxygen atoms in total. The molecule has 2 saturated carbocycles. The molecule has 0 bridgehead atoms. The molecule has 1 aromatic rings.